The first kappa shape index (κ1) is 19.1. The van der Waals surface area contributed by atoms with Crippen LogP contribution < -0.4 is 5.32 Å². The molecule has 9 nitrogen and oxygen atoms in total. The number of benzene rings is 1. The minimum atomic E-state index is -1.22. The van der Waals surface area contributed by atoms with Crippen LogP contribution in [-0.4, -0.2) is 56.4 Å². The quantitative estimate of drug-likeness (QED) is 0.794. The largest absolute Gasteiger partial charge is 0.476 e. The number of hydrogen-bond donors (Lipinski definition) is 2. The van der Waals surface area contributed by atoms with Gasteiger partial charge in [0, 0.05) is 12.7 Å². The molecule has 2 amide bonds. The van der Waals surface area contributed by atoms with Gasteiger partial charge in [-0.15, -0.1) is 5.10 Å². The second-order valence-corrected chi connectivity index (χ2v) is 6.18. The topological polar surface area (TPSA) is 117 Å². The van der Waals surface area contributed by atoms with E-state index in [0.29, 0.717) is 0 Å². The summed E-state index contributed by atoms with van der Waals surface area (Å²) in [4.78, 5) is 36.4. The van der Waals surface area contributed by atoms with Gasteiger partial charge in [-0.25, -0.2) is 9.48 Å². The zero-order valence-electron chi connectivity index (χ0n) is 15.1. The molecule has 1 aromatic heterocycles. The number of carbonyl (C=O) groups is 3. The zero-order valence-corrected chi connectivity index (χ0v) is 15.1. The summed E-state index contributed by atoms with van der Waals surface area (Å²) >= 11 is 0. The minimum absolute atomic E-state index is 0.133. The second kappa shape index (κ2) is 7.77. The molecule has 138 valence electrons. The predicted octanol–water partition coefficient (Wildman–Crippen LogP) is 0.999. The van der Waals surface area contributed by atoms with Gasteiger partial charge in [0.2, 0.25) is 11.8 Å². The third kappa shape index (κ3) is 4.65. The standard InChI is InChI=1S/C17H21N5O4/c1-10-5-11(2)16(12(3)6-10)18-14(23)8-21(4)15(24)9-22-7-13(17(25)26)19-20-22/h5-7H,8-9H2,1-4H3,(H,18,23)(H,25,26). The Kier molecular flexibility index (Phi) is 5.71. The molecule has 0 bridgehead atoms. The van der Waals surface area contributed by atoms with Crippen LogP contribution in [0.5, 0.6) is 0 Å². The van der Waals surface area contributed by atoms with Crippen molar-refractivity contribution in [3.63, 3.8) is 0 Å². The minimum Gasteiger partial charge on any atom is -0.476 e. The SMILES string of the molecule is Cc1cc(C)c(NC(=O)CN(C)C(=O)Cn2cc(C(=O)O)nn2)c(C)c1. The Morgan fingerprint density at radius 2 is 1.81 bits per heavy atom. The van der Waals surface area contributed by atoms with Crippen LogP contribution in [0.25, 0.3) is 0 Å². The first-order valence-corrected chi connectivity index (χ1v) is 7.92. The van der Waals surface area contributed by atoms with Crippen molar-refractivity contribution in [1.29, 1.82) is 0 Å². The Morgan fingerprint density at radius 1 is 1.19 bits per heavy atom. The zero-order chi connectivity index (χ0) is 19.4. The molecule has 1 aromatic carbocycles. The van der Waals surface area contributed by atoms with E-state index in [0.717, 1.165) is 33.3 Å². The van der Waals surface area contributed by atoms with Crippen molar-refractivity contribution in [1.82, 2.24) is 19.9 Å². The molecular formula is C17H21N5O4. The lowest BCUT2D eigenvalue weighted by Gasteiger charge is -2.18. The molecule has 0 unspecified atom stereocenters. The molecule has 0 fully saturated rings. The molecule has 0 aliphatic rings. The fourth-order valence-corrected chi connectivity index (χ4v) is 2.59. The van der Waals surface area contributed by atoms with Gasteiger partial charge in [-0.3, -0.25) is 9.59 Å². The van der Waals surface area contributed by atoms with Crippen molar-refractivity contribution in [2.45, 2.75) is 27.3 Å². The molecule has 2 N–H and O–H groups in total. The number of nitrogens with zero attached hydrogens (tertiary/aromatic N) is 4. The highest BCUT2D eigenvalue weighted by Crippen LogP contribution is 2.21. The fraction of sp³-hybridized carbons (Fsp3) is 0.353. The highest BCUT2D eigenvalue weighted by Gasteiger charge is 2.17. The van der Waals surface area contributed by atoms with E-state index in [-0.39, 0.29) is 30.6 Å². The van der Waals surface area contributed by atoms with Gasteiger partial charge in [-0.2, -0.15) is 0 Å². The van der Waals surface area contributed by atoms with Crippen molar-refractivity contribution < 1.29 is 19.5 Å². The number of carboxylic acid groups (broad SMARTS) is 1. The third-order valence-electron chi connectivity index (χ3n) is 3.80. The molecule has 0 aliphatic heterocycles. The number of likely N-dealkylation sites (N-methyl/N-ethyl adjacent to an activating group) is 1. The number of carboxylic acids is 1. The normalized spacial score (nSPS) is 10.5. The number of nitrogens with one attached hydrogen (secondary N) is 1. The Labute approximate surface area is 150 Å². The Morgan fingerprint density at radius 3 is 2.35 bits per heavy atom. The summed E-state index contributed by atoms with van der Waals surface area (Å²) in [5.41, 5.74) is 3.51. The number of hydrogen-bond acceptors (Lipinski definition) is 5. The smallest absolute Gasteiger partial charge is 0.358 e. The Bertz CT molecular complexity index is 836. The summed E-state index contributed by atoms with van der Waals surface area (Å²) in [6.07, 6.45) is 1.16. The number of anilines is 1. The Balaban J connectivity index is 1.95. The maximum absolute atomic E-state index is 12.2. The number of carbonyl (C=O) groups excluding carboxylic acids is 2. The van der Waals surface area contributed by atoms with E-state index in [1.165, 1.54) is 11.9 Å². The predicted molar refractivity (Wildman–Crippen MR) is 93.9 cm³/mol. The molecule has 0 saturated carbocycles. The van der Waals surface area contributed by atoms with E-state index in [1.807, 2.05) is 32.9 Å². The lowest BCUT2D eigenvalue weighted by atomic mass is 10.1. The van der Waals surface area contributed by atoms with Gasteiger partial charge in [0.15, 0.2) is 5.69 Å². The molecule has 0 atom stereocenters. The molecule has 2 rings (SSSR count). The third-order valence-corrected chi connectivity index (χ3v) is 3.80. The number of aryl methyl sites for hydroxylation is 3. The summed E-state index contributed by atoms with van der Waals surface area (Å²) in [6.45, 7) is 5.47. The summed E-state index contributed by atoms with van der Waals surface area (Å²) in [6, 6.07) is 3.95. The van der Waals surface area contributed by atoms with E-state index < -0.39 is 5.97 Å². The van der Waals surface area contributed by atoms with Gasteiger partial charge < -0.3 is 15.3 Å². The first-order valence-electron chi connectivity index (χ1n) is 7.92. The van der Waals surface area contributed by atoms with Gasteiger partial charge in [-0.1, -0.05) is 22.9 Å². The van der Waals surface area contributed by atoms with Crippen LogP contribution in [0.3, 0.4) is 0 Å². The molecule has 0 aliphatic carbocycles. The number of aromatic carboxylic acids is 1. The van der Waals surface area contributed by atoms with Gasteiger partial charge in [-0.05, 0) is 31.9 Å². The molecule has 26 heavy (non-hydrogen) atoms. The van der Waals surface area contributed by atoms with E-state index in [2.05, 4.69) is 15.6 Å². The van der Waals surface area contributed by atoms with Gasteiger partial charge >= 0.3 is 5.97 Å². The average Bonchev–Trinajstić information content (AvgIpc) is 2.99. The molecule has 1 heterocycles. The number of rotatable bonds is 6. The summed E-state index contributed by atoms with van der Waals surface area (Å²) < 4.78 is 1.12. The summed E-state index contributed by atoms with van der Waals surface area (Å²) in [7, 11) is 1.49. The molecular weight excluding hydrogens is 338 g/mol. The highest BCUT2D eigenvalue weighted by molar-refractivity contribution is 5.95. The monoisotopic (exact) mass is 359 g/mol. The number of amides is 2. The van der Waals surface area contributed by atoms with Crippen LogP contribution in [0.4, 0.5) is 5.69 Å². The lowest BCUT2D eigenvalue weighted by molar-refractivity contribution is -0.134. The Hall–Kier alpha value is -3.23. The average molecular weight is 359 g/mol. The van der Waals surface area contributed by atoms with Crippen molar-refractivity contribution in [3.8, 4) is 0 Å². The van der Waals surface area contributed by atoms with E-state index >= 15 is 0 Å². The second-order valence-electron chi connectivity index (χ2n) is 6.18. The fourth-order valence-electron chi connectivity index (χ4n) is 2.59. The van der Waals surface area contributed by atoms with Crippen LogP contribution >= 0.6 is 0 Å². The van der Waals surface area contributed by atoms with Gasteiger partial charge in [0.1, 0.15) is 6.54 Å². The van der Waals surface area contributed by atoms with Crippen LogP contribution in [-0.2, 0) is 16.1 Å². The van der Waals surface area contributed by atoms with Crippen LogP contribution in [0.2, 0.25) is 0 Å². The molecule has 2 aromatic rings. The van der Waals surface area contributed by atoms with Crippen molar-refractivity contribution in [2.75, 3.05) is 18.9 Å². The number of aromatic nitrogens is 3. The van der Waals surface area contributed by atoms with E-state index in [1.54, 1.807) is 0 Å². The molecule has 9 heteroatoms. The van der Waals surface area contributed by atoms with Crippen LogP contribution in [0, 0.1) is 20.8 Å². The van der Waals surface area contributed by atoms with Gasteiger partial charge in [0.05, 0.1) is 12.7 Å². The molecule has 0 saturated heterocycles. The van der Waals surface area contributed by atoms with Crippen molar-refractivity contribution >= 4 is 23.5 Å². The van der Waals surface area contributed by atoms with Crippen molar-refractivity contribution in [3.05, 3.63) is 40.7 Å². The maximum atomic E-state index is 12.2. The van der Waals surface area contributed by atoms with Gasteiger partial charge in [0.25, 0.3) is 0 Å². The summed E-state index contributed by atoms with van der Waals surface area (Å²) in [5.74, 6) is -1.93. The van der Waals surface area contributed by atoms with E-state index in [4.69, 9.17) is 5.11 Å². The highest BCUT2D eigenvalue weighted by atomic mass is 16.4. The summed E-state index contributed by atoms with van der Waals surface area (Å²) in [5, 5.41) is 18.6. The lowest BCUT2D eigenvalue weighted by Crippen LogP contribution is -2.37. The maximum Gasteiger partial charge on any atom is 0.358 e. The van der Waals surface area contributed by atoms with Crippen LogP contribution in [0.15, 0.2) is 18.3 Å². The first-order chi connectivity index (χ1) is 12.2. The molecule has 0 spiro atoms. The molecule has 0 radical (unpaired) electrons. The van der Waals surface area contributed by atoms with Crippen molar-refractivity contribution in [2.24, 2.45) is 0 Å². The van der Waals surface area contributed by atoms with E-state index in [9.17, 15) is 14.4 Å². The van der Waals surface area contributed by atoms with Crippen LogP contribution in [0.1, 0.15) is 27.2 Å².